The number of aromatic amines is 1. The molecule has 0 saturated carbocycles. The molecule has 7 heteroatoms. The minimum atomic E-state index is -3.58. The summed E-state index contributed by atoms with van der Waals surface area (Å²) in [5, 5.41) is 1.12. The van der Waals surface area contributed by atoms with Crippen molar-refractivity contribution in [3.8, 4) is 11.5 Å². The predicted molar refractivity (Wildman–Crippen MR) is 94.4 cm³/mol. The highest BCUT2D eigenvalue weighted by Crippen LogP contribution is 2.34. The third kappa shape index (κ3) is 2.85. The number of hydrogen-bond donors (Lipinski definition) is 1. The van der Waals surface area contributed by atoms with Gasteiger partial charge < -0.3 is 14.5 Å². The molecular formula is C18H18N2O4S. The van der Waals surface area contributed by atoms with Crippen molar-refractivity contribution in [2.45, 2.75) is 11.3 Å². The first-order chi connectivity index (χ1) is 12.1. The maximum absolute atomic E-state index is 12.8. The normalized spacial score (nSPS) is 13.7. The number of fused-ring (bicyclic) bond motifs is 2. The summed E-state index contributed by atoms with van der Waals surface area (Å²) in [6, 6.07) is 12.7. The van der Waals surface area contributed by atoms with E-state index in [1.165, 1.54) is 10.4 Å². The molecule has 0 aliphatic carbocycles. The number of para-hydroxylation sites is 1. The van der Waals surface area contributed by atoms with E-state index in [4.69, 9.17) is 9.47 Å². The van der Waals surface area contributed by atoms with E-state index in [1.54, 1.807) is 19.2 Å². The topological polar surface area (TPSA) is 71.6 Å². The summed E-state index contributed by atoms with van der Waals surface area (Å²) in [6.45, 7) is 0.508. The molecule has 2 aromatic carbocycles. The molecule has 0 atom stereocenters. The second-order valence-electron chi connectivity index (χ2n) is 5.95. The van der Waals surface area contributed by atoms with Gasteiger partial charge in [-0.1, -0.05) is 18.2 Å². The molecule has 130 valence electrons. The van der Waals surface area contributed by atoms with Crippen molar-refractivity contribution in [1.29, 1.82) is 0 Å². The fourth-order valence-corrected chi connectivity index (χ4v) is 4.14. The van der Waals surface area contributed by atoms with E-state index in [1.807, 2.05) is 30.5 Å². The second kappa shape index (κ2) is 6.09. The number of hydrogen-bond acceptors (Lipinski definition) is 4. The Kier molecular flexibility index (Phi) is 3.89. The first-order valence-corrected chi connectivity index (χ1v) is 9.41. The number of nitrogens with zero attached hydrogens (tertiary/aromatic N) is 1. The van der Waals surface area contributed by atoms with Crippen LogP contribution in [0.3, 0.4) is 0 Å². The van der Waals surface area contributed by atoms with E-state index in [-0.39, 0.29) is 11.7 Å². The van der Waals surface area contributed by atoms with E-state index in [0.717, 1.165) is 16.5 Å². The Morgan fingerprint density at radius 1 is 1.12 bits per heavy atom. The van der Waals surface area contributed by atoms with Gasteiger partial charge in [0.15, 0.2) is 11.5 Å². The standard InChI is InChI=1S/C18H18N2O4S/c1-20(9-8-13-11-19-16-5-3-2-4-15(13)16)25(21,22)14-6-7-17-18(10-14)24-12-23-17/h2-7,10-11,19H,8-9,12H2,1H3. The second-order valence-corrected chi connectivity index (χ2v) is 8.00. The van der Waals surface area contributed by atoms with E-state index in [0.29, 0.717) is 24.5 Å². The highest BCUT2D eigenvalue weighted by molar-refractivity contribution is 7.89. The van der Waals surface area contributed by atoms with Gasteiger partial charge in [-0.05, 0) is 30.2 Å². The summed E-state index contributed by atoms with van der Waals surface area (Å²) < 4.78 is 37.4. The maximum atomic E-state index is 12.8. The van der Waals surface area contributed by atoms with E-state index in [2.05, 4.69) is 4.98 Å². The lowest BCUT2D eigenvalue weighted by Gasteiger charge is -2.17. The van der Waals surface area contributed by atoms with Gasteiger partial charge in [0.2, 0.25) is 16.8 Å². The molecule has 25 heavy (non-hydrogen) atoms. The highest BCUT2D eigenvalue weighted by atomic mass is 32.2. The van der Waals surface area contributed by atoms with Crippen molar-refractivity contribution in [2.24, 2.45) is 0 Å². The third-order valence-corrected chi connectivity index (χ3v) is 6.28. The van der Waals surface area contributed by atoms with Crippen molar-refractivity contribution < 1.29 is 17.9 Å². The van der Waals surface area contributed by atoms with Gasteiger partial charge in [0, 0.05) is 36.8 Å². The van der Waals surface area contributed by atoms with Gasteiger partial charge in [0.25, 0.3) is 0 Å². The summed E-state index contributed by atoms with van der Waals surface area (Å²) in [5.41, 5.74) is 2.15. The molecule has 0 amide bonds. The first kappa shape index (κ1) is 16.0. The molecule has 0 spiro atoms. The van der Waals surface area contributed by atoms with Crippen molar-refractivity contribution in [1.82, 2.24) is 9.29 Å². The Labute approximate surface area is 146 Å². The number of ether oxygens (including phenoxy) is 2. The molecule has 0 saturated heterocycles. The third-order valence-electron chi connectivity index (χ3n) is 4.42. The van der Waals surface area contributed by atoms with Gasteiger partial charge in [-0.3, -0.25) is 0 Å². The average molecular weight is 358 g/mol. The molecule has 1 aliphatic rings. The SMILES string of the molecule is CN(CCc1c[nH]c2ccccc12)S(=O)(=O)c1ccc2c(c1)OCO2. The lowest BCUT2D eigenvalue weighted by Crippen LogP contribution is -2.29. The fourth-order valence-electron chi connectivity index (χ4n) is 2.95. The number of H-pyrrole nitrogens is 1. The van der Waals surface area contributed by atoms with Crippen LogP contribution in [0.5, 0.6) is 11.5 Å². The zero-order chi connectivity index (χ0) is 17.4. The monoisotopic (exact) mass is 358 g/mol. The summed E-state index contributed by atoms with van der Waals surface area (Å²) in [6.07, 6.45) is 2.57. The van der Waals surface area contributed by atoms with Crippen LogP contribution in [0.4, 0.5) is 0 Å². The molecule has 0 fully saturated rings. The molecule has 2 heterocycles. The van der Waals surface area contributed by atoms with Crippen LogP contribution < -0.4 is 9.47 Å². The fraction of sp³-hybridized carbons (Fsp3) is 0.222. The number of rotatable bonds is 5. The van der Waals surface area contributed by atoms with Crippen molar-refractivity contribution in [2.75, 3.05) is 20.4 Å². The van der Waals surface area contributed by atoms with Crippen LogP contribution in [-0.4, -0.2) is 38.1 Å². The summed E-state index contributed by atoms with van der Waals surface area (Å²) in [7, 11) is -1.99. The molecule has 1 aliphatic heterocycles. The minimum Gasteiger partial charge on any atom is -0.454 e. The van der Waals surface area contributed by atoms with Crippen LogP contribution in [-0.2, 0) is 16.4 Å². The van der Waals surface area contributed by atoms with E-state index < -0.39 is 10.0 Å². The minimum absolute atomic E-state index is 0.120. The smallest absolute Gasteiger partial charge is 0.242 e. The van der Waals surface area contributed by atoms with Gasteiger partial charge >= 0.3 is 0 Å². The molecule has 0 radical (unpaired) electrons. The number of aromatic nitrogens is 1. The van der Waals surface area contributed by atoms with E-state index in [9.17, 15) is 8.42 Å². The number of likely N-dealkylation sites (N-methyl/N-ethyl adjacent to an activating group) is 1. The Morgan fingerprint density at radius 3 is 2.80 bits per heavy atom. The maximum Gasteiger partial charge on any atom is 0.242 e. The summed E-state index contributed by atoms with van der Waals surface area (Å²) >= 11 is 0. The zero-order valence-electron chi connectivity index (χ0n) is 13.7. The van der Waals surface area contributed by atoms with Gasteiger partial charge in [-0.15, -0.1) is 0 Å². The first-order valence-electron chi connectivity index (χ1n) is 7.97. The average Bonchev–Trinajstić information content (AvgIpc) is 3.25. The van der Waals surface area contributed by atoms with Crippen LogP contribution >= 0.6 is 0 Å². The molecule has 1 N–H and O–H groups in total. The van der Waals surface area contributed by atoms with Gasteiger partial charge in [0.1, 0.15) is 0 Å². The quantitative estimate of drug-likeness (QED) is 0.761. The number of sulfonamides is 1. The Balaban J connectivity index is 1.52. The Bertz CT molecular complexity index is 1030. The van der Waals surface area contributed by atoms with Gasteiger partial charge in [-0.25, -0.2) is 12.7 Å². The van der Waals surface area contributed by atoms with Crippen LogP contribution in [0, 0.1) is 0 Å². The summed E-state index contributed by atoms with van der Waals surface area (Å²) in [4.78, 5) is 3.42. The van der Waals surface area contributed by atoms with Crippen LogP contribution in [0.1, 0.15) is 5.56 Å². The van der Waals surface area contributed by atoms with Crippen LogP contribution in [0.15, 0.2) is 53.6 Å². The molecular weight excluding hydrogens is 340 g/mol. The van der Waals surface area contributed by atoms with E-state index >= 15 is 0 Å². The lowest BCUT2D eigenvalue weighted by molar-refractivity contribution is 0.174. The number of benzene rings is 2. The molecule has 3 aromatic rings. The molecule has 0 unspecified atom stereocenters. The Morgan fingerprint density at radius 2 is 1.92 bits per heavy atom. The number of nitrogens with one attached hydrogen (secondary N) is 1. The molecule has 0 bridgehead atoms. The zero-order valence-corrected chi connectivity index (χ0v) is 14.5. The highest BCUT2D eigenvalue weighted by Gasteiger charge is 2.24. The van der Waals surface area contributed by atoms with Crippen molar-refractivity contribution in [3.63, 3.8) is 0 Å². The van der Waals surface area contributed by atoms with Crippen LogP contribution in [0.2, 0.25) is 0 Å². The molecule has 4 rings (SSSR count). The Hall–Kier alpha value is -2.51. The molecule has 6 nitrogen and oxygen atoms in total. The van der Waals surface area contributed by atoms with Gasteiger partial charge in [-0.2, -0.15) is 0 Å². The van der Waals surface area contributed by atoms with Crippen molar-refractivity contribution >= 4 is 20.9 Å². The molecule has 1 aromatic heterocycles. The lowest BCUT2D eigenvalue weighted by atomic mass is 10.1. The van der Waals surface area contributed by atoms with Gasteiger partial charge in [0.05, 0.1) is 4.90 Å². The largest absolute Gasteiger partial charge is 0.454 e. The van der Waals surface area contributed by atoms with Crippen molar-refractivity contribution in [3.05, 3.63) is 54.2 Å². The summed E-state index contributed by atoms with van der Waals surface area (Å²) in [5.74, 6) is 1.03. The van der Waals surface area contributed by atoms with Crippen LogP contribution in [0.25, 0.3) is 10.9 Å². The predicted octanol–water partition coefficient (Wildman–Crippen LogP) is 2.76.